The number of rotatable bonds is 2. The summed E-state index contributed by atoms with van der Waals surface area (Å²) >= 11 is 0. The van der Waals surface area contributed by atoms with Gasteiger partial charge in [-0.05, 0) is 18.1 Å². The van der Waals surface area contributed by atoms with Crippen LogP contribution in [0.4, 0.5) is 11.4 Å². The van der Waals surface area contributed by atoms with Crippen molar-refractivity contribution >= 4 is 11.4 Å². The largest absolute Gasteiger partial charge is 0.397 e. The zero-order chi connectivity index (χ0) is 9.14. The fourth-order valence-electron chi connectivity index (χ4n) is 1.08. The average molecular weight is 168 g/mol. The third kappa shape index (κ3) is 1.49. The van der Waals surface area contributed by atoms with Crippen molar-refractivity contribution in [3.05, 3.63) is 23.8 Å². The van der Waals surface area contributed by atoms with Gasteiger partial charge in [0.15, 0.2) is 0 Å². The van der Waals surface area contributed by atoms with Crippen LogP contribution in [0.5, 0.6) is 0 Å². The maximum absolute atomic E-state index is 8.73. The van der Waals surface area contributed by atoms with Crippen LogP contribution >= 0.6 is 0 Å². The van der Waals surface area contributed by atoms with E-state index in [0.29, 0.717) is 5.69 Å². The van der Waals surface area contributed by atoms with Gasteiger partial charge in [-0.2, -0.15) is 0 Å². The molecule has 0 aliphatic rings. The number of nitrogens with two attached hydrogens (primary N) is 1. The zero-order valence-corrected chi connectivity index (χ0v) is 6.86. The Hall–Kier alpha value is -1.26. The van der Waals surface area contributed by atoms with Crippen LogP contribution in [0, 0.1) is 0 Å². The highest BCUT2D eigenvalue weighted by atomic mass is 16.8. The first-order valence-electron chi connectivity index (χ1n) is 3.72. The first kappa shape index (κ1) is 8.83. The van der Waals surface area contributed by atoms with Gasteiger partial charge in [0, 0.05) is 0 Å². The second-order valence-electron chi connectivity index (χ2n) is 2.49. The fourth-order valence-corrected chi connectivity index (χ4v) is 1.08. The molecule has 4 nitrogen and oxygen atoms in total. The Morgan fingerprint density at radius 2 is 2.08 bits per heavy atom. The molecule has 0 radical (unpaired) electrons. The van der Waals surface area contributed by atoms with E-state index in [9.17, 15) is 0 Å². The molecule has 0 bridgehead atoms. The van der Waals surface area contributed by atoms with E-state index in [4.69, 9.17) is 16.1 Å². The maximum atomic E-state index is 8.73. The Morgan fingerprint density at radius 1 is 1.42 bits per heavy atom. The molecule has 0 amide bonds. The second-order valence-corrected chi connectivity index (χ2v) is 2.49. The van der Waals surface area contributed by atoms with E-state index < -0.39 is 0 Å². The van der Waals surface area contributed by atoms with E-state index in [-0.39, 0.29) is 10.9 Å². The quantitative estimate of drug-likeness (QED) is 0.461. The van der Waals surface area contributed by atoms with Crippen LogP contribution in [0.25, 0.3) is 0 Å². The van der Waals surface area contributed by atoms with Gasteiger partial charge < -0.3 is 5.73 Å². The average Bonchev–Trinajstić information content (AvgIpc) is 2.04. The molecule has 1 rings (SSSR count). The summed E-state index contributed by atoms with van der Waals surface area (Å²) in [6.45, 7) is 1.95. The summed E-state index contributed by atoms with van der Waals surface area (Å²) in [5.41, 5.74) is 7.16. The van der Waals surface area contributed by atoms with E-state index in [2.05, 4.69) is 0 Å². The molecule has 1 aromatic rings. The molecule has 0 aromatic heterocycles. The van der Waals surface area contributed by atoms with Gasteiger partial charge >= 0.3 is 0 Å². The highest BCUT2D eigenvalue weighted by Crippen LogP contribution is 2.24. The Bertz CT molecular complexity index is 274. The van der Waals surface area contributed by atoms with Crippen LogP contribution < -0.4 is 11.0 Å². The van der Waals surface area contributed by atoms with Crippen LogP contribution in [0.15, 0.2) is 18.2 Å². The summed E-state index contributed by atoms with van der Waals surface area (Å²) in [5.74, 6) is 0. The molecule has 12 heavy (non-hydrogen) atoms. The van der Waals surface area contributed by atoms with Crippen molar-refractivity contribution in [1.82, 2.24) is 0 Å². The molecule has 4 N–H and O–H groups in total. The lowest BCUT2D eigenvalue weighted by Gasteiger charge is -2.12. The molecule has 0 aliphatic heterocycles. The minimum Gasteiger partial charge on any atom is -0.397 e. The van der Waals surface area contributed by atoms with Crippen LogP contribution in [-0.2, 0) is 6.42 Å². The number of aryl methyl sites for hydroxylation is 1. The summed E-state index contributed by atoms with van der Waals surface area (Å²) in [7, 11) is 0. The van der Waals surface area contributed by atoms with Gasteiger partial charge in [-0.25, -0.2) is 0 Å². The molecule has 4 heteroatoms. The molecule has 0 fully saturated rings. The Labute approximate surface area is 70.8 Å². The fraction of sp³-hybridized carbons (Fsp3) is 0.250. The van der Waals surface area contributed by atoms with Crippen molar-refractivity contribution in [2.75, 3.05) is 11.0 Å². The first-order chi connectivity index (χ1) is 5.66. The van der Waals surface area contributed by atoms with E-state index in [1.54, 1.807) is 6.07 Å². The van der Waals surface area contributed by atoms with Crippen molar-refractivity contribution in [3.8, 4) is 0 Å². The third-order valence-electron chi connectivity index (χ3n) is 1.77. The predicted octanol–water partition coefficient (Wildman–Crippen LogP) is 1.42. The topological polar surface area (TPSA) is 69.7 Å². The number of hydrogen-bond acceptors (Lipinski definition) is 4. The van der Waals surface area contributed by atoms with Crippen molar-refractivity contribution in [1.29, 1.82) is 0 Å². The van der Waals surface area contributed by atoms with Gasteiger partial charge in [0.05, 0.1) is 5.69 Å². The second kappa shape index (κ2) is 3.42. The monoisotopic (exact) mass is 168 g/mol. The molecule has 0 saturated heterocycles. The predicted molar refractivity (Wildman–Crippen MR) is 46.3 cm³/mol. The Kier molecular flexibility index (Phi) is 2.52. The Balaban J connectivity index is 3.14. The summed E-state index contributed by atoms with van der Waals surface area (Å²) < 4.78 is 0. The van der Waals surface area contributed by atoms with Gasteiger partial charge in [-0.3, -0.25) is 10.4 Å². The molecule has 0 spiro atoms. The van der Waals surface area contributed by atoms with Crippen molar-refractivity contribution in [2.24, 2.45) is 0 Å². The normalized spacial score (nSPS) is 9.92. The van der Waals surface area contributed by atoms with Crippen LogP contribution in [0.1, 0.15) is 12.5 Å². The molecular weight excluding hydrogens is 156 g/mol. The lowest BCUT2D eigenvalue weighted by atomic mass is 10.1. The lowest BCUT2D eigenvalue weighted by molar-refractivity contribution is 0.0295. The summed E-state index contributed by atoms with van der Waals surface area (Å²) in [6, 6.07) is 5.11. The molecule has 0 atom stereocenters. The minimum atomic E-state index is 0.0362. The molecule has 0 aliphatic carbocycles. The number of para-hydroxylation sites is 1. The minimum absolute atomic E-state index is 0.0362. The zero-order valence-electron chi connectivity index (χ0n) is 6.86. The number of nitrogens with zero attached hydrogens (tertiary/aromatic N) is 1. The van der Waals surface area contributed by atoms with Crippen molar-refractivity contribution in [3.63, 3.8) is 0 Å². The lowest BCUT2D eigenvalue weighted by Crippen LogP contribution is -2.13. The van der Waals surface area contributed by atoms with Gasteiger partial charge in [-0.1, -0.05) is 19.1 Å². The maximum Gasteiger partial charge on any atom is 0.117 e. The summed E-state index contributed by atoms with van der Waals surface area (Å²) in [5, 5.41) is 17.5. The van der Waals surface area contributed by atoms with Gasteiger partial charge in [-0.15, -0.1) is 5.23 Å². The standard InChI is InChI=1S/C8H12N2O2/c1-2-6-4-3-5-7(8(6)9)10(11)12/h3-5,11-12H,2,9H2,1H3. The summed E-state index contributed by atoms with van der Waals surface area (Å²) in [4.78, 5) is 0. The van der Waals surface area contributed by atoms with E-state index >= 15 is 0 Å². The molecule has 0 unspecified atom stereocenters. The Morgan fingerprint density at radius 3 is 2.58 bits per heavy atom. The number of anilines is 2. The SMILES string of the molecule is CCc1cccc(N(O)O)c1N. The number of benzene rings is 1. The van der Waals surface area contributed by atoms with E-state index in [0.717, 1.165) is 12.0 Å². The molecule has 66 valence electrons. The molecule has 1 aromatic carbocycles. The van der Waals surface area contributed by atoms with Crippen LogP contribution in [0.3, 0.4) is 0 Å². The van der Waals surface area contributed by atoms with Crippen LogP contribution in [-0.4, -0.2) is 10.4 Å². The van der Waals surface area contributed by atoms with E-state index in [1.807, 2.05) is 13.0 Å². The number of hydrogen-bond donors (Lipinski definition) is 3. The van der Waals surface area contributed by atoms with E-state index in [1.165, 1.54) is 6.07 Å². The van der Waals surface area contributed by atoms with Gasteiger partial charge in [0.2, 0.25) is 0 Å². The third-order valence-corrected chi connectivity index (χ3v) is 1.77. The smallest absolute Gasteiger partial charge is 0.117 e. The highest BCUT2D eigenvalue weighted by Gasteiger charge is 2.06. The molecule has 0 saturated carbocycles. The molecular formula is C8H12N2O2. The molecule has 0 heterocycles. The highest BCUT2D eigenvalue weighted by molar-refractivity contribution is 5.68. The number of nitrogen functional groups attached to an aromatic ring is 1. The van der Waals surface area contributed by atoms with Gasteiger partial charge in [0.25, 0.3) is 0 Å². The summed E-state index contributed by atoms with van der Waals surface area (Å²) in [6.07, 6.45) is 0.771. The van der Waals surface area contributed by atoms with Crippen molar-refractivity contribution < 1.29 is 10.4 Å². The first-order valence-corrected chi connectivity index (χ1v) is 3.72. The van der Waals surface area contributed by atoms with Crippen LogP contribution in [0.2, 0.25) is 0 Å². The van der Waals surface area contributed by atoms with Crippen molar-refractivity contribution in [2.45, 2.75) is 13.3 Å². The van der Waals surface area contributed by atoms with Gasteiger partial charge in [0.1, 0.15) is 5.69 Å².